The van der Waals surface area contributed by atoms with Crippen LogP contribution in [0, 0.1) is 11.6 Å². The molecule has 7 nitrogen and oxygen atoms in total. The van der Waals surface area contributed by atoms with Crippen LogP contribution in [-0.4, -0.2) is 34.5 Å². The lowest BCUT2D eigenvalue weighted by molar-refractivity contribution is 0.585. The van der Waals surface area contributed by atoms with E-state index in [1.165, 1.54) is 12.1 Å². The number of nitrogens with zero attached hydrogens (tertiary/aromatic N) is 7. The summed E-state index contributed by atoms with van der Waals surface area (Å²) in [5.74, 6) is 1.72. The Hall–Kier alpha value is -8.56. The number of para-hydroxylation sites is 1. The number of aromatic nitrogens is 7. The van der Waals surface area contributed by atoms with Gasteiger partial charge in [0.1, 0.15) is 11.6 Å². The predicted octanol–water partition coefficient (Wildman–Crippen LogP) is 13.1. The van der Waals surface area contributed by atoms with E-state index in [-0.39, 0.29) is 5.56 Å². The molecule has 0 amide bonds. The highest BCUT2D eigenvalue weighted by Gasteiger charge is 2.22. The van der Waals surface area contributed by atoms with Gasteiger partial charge >= 0.3 is 0 Å². The van der Waals surface area contributed by atoms with Gasteiger partial charge in [-0.2, -0.15) is 0 Å². The van der Waals surface area contributed by atoms with Gasteiger partial charge in [-0.3, -0.25) is 0 Å². The van der Waals surface area contributed by atoms with E-state index in [4.69, 9.17) is 29.9 Å². The lowest BCUT2D eigenvalue weighted by atomic mass is 10.00. The van der Waals surface area contributed by atoms with Crippen molar-refractivity contribution in [3.05, 3.63) is 212 Å². The average Bonchev–Trinajstić information content (AvgIpc) is 3.68. The maximum Gasteiger partial charge on any atom is 0.166 e. The Labute approximate surface area is 360 Å². The molecule has 0 saturated carbocycles. The molecule has 0 radical (unpaired) electrons. The number of fused-ring (bicyclic) bond motifs is 3. The Bertz CT molecular complexity index is 3350. The Morgan fingerprint density at radius 3 is 1.27 bits per heavy atom. The van der Waals surface area contributed by atoms with Crippen LogP contribution in [0.5, 0.6) is 0 Å². The summed E-state index contributed by atoms with van der Waals surface area (Å²) in [6.07, 6.45) is 0. The Kier molecular flexibility index (Phi) is 9.39. The van der Waals surface area contributed by atoms with Gasteiger partial charge in [0.05, 0.1) is 16.7 Å². The van der Waals surface area contributed by atoms with Crippen molar-refractivity contribution in [2.75, 3.05) is 0 Å². The molecule has 11 rings (SSSR count). The fourth-order valence-corrected chi connectivity index (χ4v) is 8.04. The highest BCUT2D eigenvalue weighted by molar-refractivity contribution is 6.11. The smallest absolute Gasteiger partial charge is 0.166 e. The summed E-state index contributed by atoms with van der Waals surface area (Å²) in [7, 11) is 0. The maximum absolute atomic E-state index is 15.6. The third kappa shape index (κ3) is 7.07. The van der Waals surface area contributed by atoms with Crippen molar-refractivity contribution in [2.24, 2.45) is 0 Å². The Balaban J connectivity index is 1.15. The van der Waals surface area contributed by atoms with Crippen LogP contribution in [0.25, 0.3) is 107 Å². The zero-order chi connectivity index (χ0) is 42.3. The number of benzene rings is 8. The van der Waals surface area contributed by atoms with Crippen molar-refractivity contribution >= 4 is 21.8 Å². The van der Waals surface area contributed by atoms with Crippen LogP contribution in [0.2, 0.25) is 0 Å². The SMILES string of the molecule is Fc1ccc(-c2ccc(-n3c4ccccc4c4cc(-c5nc(-c6ccccc6)nc(-c6ccccc6)n5)ccc43)c(-c3nc(-c4ccccc4)nc(-c4ccccc4)n3)c2)c(F)c1. The summed E-state index contributed by atoms with van der Waals surface area (Å²) in [6.45, 7) is 0. The van der Waals surface area contributed by atoms with Crippen molar-refractivity contribution in [1.29, 1.82) is 0 Å². The molecule has 0 aliphatic rings. The van der Waals surface area contributed by atoms with Gasteiger partial charge in [0.25, 0.3) is 0 Å². The Morgan fingerprint density at radius 1 is 0.302 bits per heavy atom. The fourth-order valence-electron chi connectivity index (χ4n) is 8.04. The van der Waals surface area contributed by atoms with Crippen LogP contribution >= 0.6 is 0 Å². The van der Waals surface area contributed by atoms with Crippen LogP contribution in [0.3, 0.4) is 0 Å². The van der Waals surface area contributed by atoms with Gasteiger partial charge < -0.3 is 4.57 Å². The van der Waals surface area contributed by atoms with E-state index in [0.717, 1.165) is 61.4 Å². The lowest BCUT2D eigenvalue weighted by Gasteiger charge is -2.16. The molecule has 8 aromatic carbocycles. The molecule has 0 N–H and O–H groups in total. The zero-order valence-electron chi connectivity index (χ0n) is 33.4. The Morgan fingerprint density at radius 2 is 0.746 bits per heavy atom. The lowest BCUT2D eigenvalue weighted by Crippen LogP contribution is -2.04. The van der Waals surface area contributed by atoms with E-state index >= 15 is 4.39 Å². The molecule has 0 atom stereocenters. The first-order valence-corrected chi connectivity index (χ1v) is 20.4. The number of halogens is 2. The minimum absolute atomic E-state index is 0.249. The van der Waals surface area contributed by atoms with E-state index in [1.807, 2.05) is 158 Å². The van der Waals surface area contributed by atoms with Gasteiger partial charge in [0, 0.05) is 55.8 Å². The first-order valence-electron chi connectivity index (χ1n) is 20.4. The second-order valence-electron chi connectivity index (χ2n) is 15.0. The highest BCUT2D eigenvalue weighted by atomic mass is 19.1. The maximum atomic E-state index is 15.6. The molecule has 0 saturated heterocycles. The summed E-state index contributed by atoms with van der Waals surface area (Å²) in [6, 6.07) is 63.1. The molecule has 298 valence electrons. The second kappa shape index (κ2) is 15.8. The quantitative estimate of drug-likeness (QED) is 0.152. The molecule has 11 aromatic rings. The monoisotopic (exact) mass is 817 g/mol. The largest absolute Gasteiger partial charge is 0.309 e. The van der Waals surface area contributed by atoms with Crippen LogP contribution < -0.4 is 0 Å². The standard InChI is InChI=1S/C54H33F2N7/c55-40-27-28-41(45(56)33-40)38-25-29-48(44(31-38)54-61-51(36-19-9-3-10-20-36)58-52(62-54)37-21-11-4-12-22-37)63-46-24-14-13-23-42(46)43-32-39(26-30-47(43)63)53-59-49(34-15-5-1-6-16-34)57-50(60-53)35-17-7-2-8-18-35/h1-33H. The van der Waals surface area contributed by atoms with E-state index in [1.54, 1.807) is 0 Å². The zero-order valence-corrected chi connectivity index (χ0v) is 33.4. The number of hydrogen-bond donors (Lipinski definition) is 0. The van der Waals surface area contributed by atoms with Crippen LogP contribution in [-0.2, 0) is 0 Å². The van der Waals surface area contributed by atoms with Crippen LogP contribution in [0.1, 0.15) is 0 Å². The first-order chi connectivity index (χ1) is 31.0. The van der Waals surface area contributed by atoms with Gasteiger partial charge in [0.15, 0.2) is 34.9 Å². The molecule has 0 bridgehead atoms. The number of rotatable bonds is 8. The van der Waals surface area contributed by atoms with Crippen LogP contribution in [0.4, 0.5) is 8.78 Å². The normalized spacial score (nSPS) is 11.3. The molecule has 3 aromatic heterocycles. The molecule has 0 aliphatic heterocycles. The van der Waals surface area contributed by atoms with Gasteiger partial charge in [0.2, 0.25) is 0 Å². The second-order valence-corrected chi connectivity index (χ2v) is 15.0. The molecule has 3 heterocycles. The van der Waals surface area contributed by atoms with Crippen molar-refractivity contribution < 1.29 is 8.78 Å². The third-order valence-corrected chi connectivity index (χ3v) is 11.1. The molecule has 0 fully saturated rings. The minimum atomic E-state index is -0.673. The highest BCUT2D eigenvalue weighted by Crippen LogP contribution is 2.40. The molecular formula is C54H33F2N7. The van der Waals surface area contributed by atoms with Gasteiger partial charge in [-0.05, 0) is 54.1 Å². The molecule has 0 unspecified atom stereocenters. The van der Waals surface area contributed by atoms with Gasteiger partial charge in [-0.15, -0.1) is 0 Å². The fraction of sp³-hybridized carbons (Fsp3) is 0. The molecule has 9 heteroatoms. The van der Waals surface area contributed by atoms with Crippen molar-refractivity contribution in [1.82, 2.24) is 34.5 Å². The summed E-state index contributed by atoms with van der Waals surface area (Å²) in [5, 5.41) is 1.97. The van der Waals surface area contributed by atoms with Gasteiger partial charge in [-0.25, -0.2) is 38.7 Å². The molecule has 63 heavy (non-hydrogen) atoms. The summed E-state index contributed by atoms with van der Waals surface area (Å²) < 4.78 is 31.9. The van der Waals surface area contributed by atoms with Gasteiger partial charge in [-0.1, -0.05) is 146 Å². The third-order valence-electron chi connectivity index (χ3n) is 11.1. The topological polar surface area (TPSA) is 82.3 Å². The van der Waals surface area contributed by atoms with Crippen LogP contribution in [0.15, 0.2) is 200 Å². The van der Waals surface area contributed by atoms with Crippen molar-refractivity contribution in [3.8, 4) is 85.1 Å². The van der Waals surface area contributed by atoms with E-state index in [9.17, 15) is 4.39 Å². The van der Waals surface area contributed by atoms with Crippen molar-refractivity contribution in [2.45, 2.75) is 0 Å². The van der Waals surface area contributed by atoms with Crippen molar-refractivity contribution in [3.63, 3.8) is 0 Å². The average molecular weight is 818 g/mol. The van der Waals surface area contributed by atoms with E-state index < -0.39 is 11.6 Å². The molecule has 0 spiro atoms. The summed E-state index contributed by atoms with van der Waals surface area (Å²) in [5.41, 5.74) is 8.22. The molecule has 0 aliphatic carbocycles. The van der Waals surface area contributed by atoms with E-state index in [2.05, 4.69) is 28.8 Å². The molecular weight excluding hydrogens is 785 g/mol. The number of hydrogen-bond acceptors (Lipinski definition) is 6. The summed E-state index contributed by atoms with van der Waals surface area (Å²) >= 11 is 0. The first kappa shape index (κ1) is 37.4. The predicted molar refractivity (Wildman–Crippen MR) is 246 cm³/mol. The van der Waals surface area contributed by atoms with E-state index in [0.29, 0.717) is 46.1 Å². The summed E-state index contributed by atoms with van der Waals surface area (Å²) in [4.78, 5) is 30.1. The minimum Gasteiger partial charge on any atom is -0.309 e.